The number of aryl methyl sites for hydroxylation is 2. The van der Waals surface area contributed by atoms with Gasteiger partial charge in [-0.3, -0.25) is 24.3 Å². The second-order valence-corrected chi connectivity index (χ2v) is 10.2. The Morgan fingerprint density at radius 2 is 1.76 bits per heavy atom. The van der Waals surface area contributed by atoms with Crippen molar-refractivity contribution in [3.05, 3.63) is 75.6 Å². The number of nitro benzene ring substituents is 1. The summed E-state index contributed by atoms with van der Waals surface area (Å²) in [4.78, 5) is 39.6. The molecule has 2 amide bonds. The van der Waals surface area contributed by atoms with Crippen molar-refractivity contribution in [1.29, 1.82) is 0 Å². The van der Waals surface area contributed by atoms with Gasteiger partial charge in [0.05, 0.1) is 4.92 Å². The highest BCUT2D eigenvalue weighted by atomic mass is 32.2. The number of carbonyl (C=O) groups is 2. The number of carbonyl (C=O) groups excluding carboxylic acids is 2. The maximum atomic E-state index is 12.9. The zero-order chi connectivity index (χ0) is 26.5. The Kier molecular flexibility index (Phi) is 8.22. The molecule has 0 radical (unpaired) electrons. The Labute approximate surface area is 219 Å². The number of aromatic nitrogens is 3. The summed E-state index contributed by atoms with van der Waals surface area (Å²) in [5.41, 5.74) is 2.56. The molecule has 0 bridgehead atoms. The number of non-ortho nitro benzene ring substituents is 1. The number of nitro groups is 1. The average molecular weight is 523 g/mol. The summed E-state index contributed by atoms with van der Waals surface area (Å²) in [7, 11) is 0. The Hall–Kier alpha value is -3.73. The van der Waals surface area contributed by atoms with E-state index in [4.69, 9.17) is 0 Å². The van der Waals surface area contributed by atoms with Crippen LogP contribution in [-0.2, 0) is 4.79 Å². The Morgan fingerprint density at radius 1 is 1.05 bits per heavy atom. The third-order valence-electron chi connectivity index (χ3n) is 6.42. The Balaban J connectivity index is 1.26. The highest BCUT2D eigenvalue weighted by Crippen LogP contribution is 2.24. The van der Waals surface area contributed by atoms with Crippen LogP contribution in [0.5, 0.6) is 0 Å². The molecule has 1 atom stereocenters. The first-order chi connectivity index (χ1) is 17.7. The molecular weight excluding hydrogens is 492 g/mol. The van der Waals surface area contributed by atoms with Gasteiger partial charge in [-0.15, -0.1) is 10.2 Å². The van der Waals surface area contributed by atoms with Crippen molar-refractivity contribution in [1.82, 2.24) is 24.6 Å². The summed E-state index contributed by atoms with van der Waals surface area (Å²) >= 11 is 1.58. The number of benzene rings is 2. The van der Waals surface area contributed by atoms with E-state index in [1.165, 1.54) is 29.8 Å². The van der Waals surface area contributed by atoms with Crippen molar-refractivity contribution >= 4 is 29.3 Å². The molecule has 1 saturated heterocycles. The number of nitrogens with zero attached hydrogens (tertiary/aromatic N) is 6. The van der Waals surface area contributed by atoms with Gasteiger partial charge >= 0.3 is 0 Å². The lowest BCUT2D eigenvalue weighted by atomic mass is 10.1. The van der Waals surface area contributed by atoms with E-state index in [1.54, 1.807) is 16.7 Å². The second kappa shape index (κ2) is 11.5. The molecule has 10 nitrogen and oxygen atoms in total. The zero-order valence-electron chi connectivity index (χ0n) is 21.2. The van der Waals surface area contributed by atoms with E-state index in [0.29, 0.717) is 38.0 Å². The monoisotopic (exact) mass is 522 g/mol. The fourth-order valence-corrected chi connectivity index (χ4v) is 5.29. The summed E-state index contributed by atoms with van der Waals surface area (Å²) in [5, 5.41) is 20.2. The van der Waals surface area contributed by atoms with Gasteiger partial charge in [-0.1, -0.05) is 29.5 Å². The highest BCUT2D eigenvalue weighted by molar-refractivity contribution is 7.99. The van der Waals surface area contributed by atoms with Crippen molar-refractivity contribution in [2.24, 2.45) is 0 Å². The number of thioether (sulfide) groups is 1. The molecule has 1 aliphatic heterocycles. The van der Waals surface area contributed by atoms with Crippen LogP contribution in [-0.4, -0.2) is 72.7 Å². The van der Waals surface area contributed by atoms with E-state index in [2.05, 4.69) is 22.3 Å². The van der Waals surface area contributed by atoms with Gasteiger partial charge in [0, 0.05) is 61.2 Å². The van der Waals surface area contributed by atoms with Crippen LogP contribution in [0.15, 0.2) is 53.7 Å². The van der Waals surface area contributed by atoms with Crippen LogP contribution in [0.4, 0.5) is 5.69 Å². The molecule has 1 fully saturated rings. The van der Waals surface area contributed by atoms with Crippen LogP contribution in [0.25, 0.3) is 5.69 Å². The number of rotatable bonds is 8. The van der Waals surface area contributed by atoms with Gasteiger partial charge in [0.25, 0.3) is 11.6 Å². The molecule has 2 heterocycles. The van der Waals surface area contributed by atoms with Crippen molar-refractivity contribution in [3.8, 4) is 5.69 Å². The standard InChI is InChI=1S/C26H30N6O4S/c1-18-6-10-22(11-7-18)31-20(3)27-28-26(31)37-16-4-5-24(33)29-14-15-30(19(2)17-29)25(34)21-8-12-23(13-9-21)32(35)36/h6-13,19H,4-5,14-17H2,1-3H3/t19-/m1/s1. The molecule has 0 saturated carbocycles. The maximum absolute atomic E-state index is 12.9. The van der Waals surface area contributed by atoms with Crippen LogP contribution < -0.4 is 0 Å². The minimum Gasteiger partial charge on any atom is -0.339 e. The molecule has 1 aliphatic rings. The molecule has 3 aromatic rings. The van der Waals surface area contributed by atoms with Crippen LogP contribution in [0, 0.1) is 24.0 Å². The first-order valence-electron chi connectivity index (χ1n) is 12.2. The molecule has 194 valence electrons. The third-order valence-corrected chi connectivity index (χ3v) is 7.43. The summed E-state index contributed by atoms with van der Waals surface area (Å²) in [6.45, 7) is 7.25. The van der Waals surface area contributed by atoms with Gasteiger partial charge in [0.15, 0.2) is 5.16 Å². The lowest BCUT2D eigenvalue weighted by Crippen LogP contribution is -2.55. The SMILES string of the molecule is Cc1ccc(-n2c(C)nnc2SCCCC(=O)N2CCN(C(=O)c3ccc([N+](=O)[O-])cc3)[C@H](C)C2)cc1. The molecule has 4 rings (SSSR count). The zero-order valence-corrected chi connectivity index (χ0v) is 22.0. The van der Waals surface area contributed by atoms with Gasteiger partial charge in [-0.05, 0) is 51.5 Å². The quantitative estimate of drug-likeness (QED) is 0.190. The third kappa shape index (κ3) is 6.16. The molecular formula is C26H30N6O4S. The minimum atomic E-state index is -0.490. The lowest BCUT2D eigenvalue weighted by Gasteiger charge is -2.40. The van der Waals surface area contributed by atoms with E-state index in [0.717, 1.165) is 22.4 Å². The summed E-state index contributed by atoms with van der Waals surface area (Å²) in [6, 6.07) is 13.7. The Morgan fingerprint density at radius 3 is 2.41 bits per heavy atom. The topological polar surface area (TPSA) is 114 Å². The predicted octanol–water partition coefficient (Wildman–Crippen LogP) is 4.04. The maximum Gasteiger partial charge on any atom is 0.269 e. The molecule has 37 heavy (non-hydrogen) atoms. The van der Waals surface area contributed by atoms with Gasteiger partial charge in [-0.2, -0.15) is 0 Å². The number of hydrogen-bond acceptors (Lipinski definition) is 7. The average Bonchev–Trinajstić information content (AvgIpc) is 3.26. The number of amides is 2. The lowest BCUT2D eigenvalue weighted by molar-refractivity contribution is -0.384. The van der Waals surface area contributed by atoms with Crippen LogP contribution >= 0.6 is 11.8 Å². The van der Waals surface area contributed by atoms with Crippen molar-refractivity contribution in [2.75, 3.05) is 25.4 Å². The molecule has 0 unspecified atom stereocenters. The Bertz CT molecular complexity index is 1280. The van der Waals surface area contributed by atoms with Crippen molar-refractivity contribution in [2.45, 2.75) is 44.8 Å². The largest absolute Gasteiger partial charge is 0.339 e. The summed E-state index contributed by atoms with van der Waals surface area (Å²) in [5.74, 6) is 1.45. The van der Waals surface area contributed by atoms with Gasteiger partial charge < -0.3 is 9.80 Å². The predicted molar refractivity (Wildman–Crippen MR) is 141 cm³/mol. The van der Waals surface area contributed by atoms with Gasteiger partial charge in [0.2, 0.25) is 5.91 Å². The van der Waals surface area contributed by atoms with E-state index in [1.807, 2.05) is 42.4 Å². The summed E-state index contributed by atoms with van der Waals surface area (Å²) < 4.78 is 2.02. The molecule has 11 heteroatoms. The van der Waals surface area contributed by atoms with Crippen LogP contribution in [0.1, 0.15) is 41.5 Å². The molecule has 0 N–H and O–H groups in total. The van der Waals surface area contributed by atoms with Crippen molar-refractivity contribution in [3.63, 3.8) is 0 Å². The fourth-order valence-electron chi connectivity index (χ4n) is 4.35. The van der Waals surface area contributed by atoms with E-state index in [9.17, 15) is 19.7 Å². The second-order valence-electron chi connectivity index (χ2n) is 9.14. The minimum absolute atomic E-state index is 0.0521. The fraction of sp³-hybridized carbons (Fsp3) is 0.385. The van der Waals surface area contributed by atoms with Crippen LogP contribution in [0.3, 0.4) is 0 Å². The smallest absolute Gasteiger partial charge is 0.269 e. The van der Waals surface area contributed by atoms with Gasteiger partial charge in [0.1, 0.15) is 5.82 Å². The van der Waals surface area contributed by atoms with E-state index >= 15 is 0 Å². The molecule has 0 aliphatic carbocycles. The van der Waals surface area contributed by atoms with E-state index < -0.39 is 4.92 Å². The highest BCUT2D eigenvalue weighted by Gasteiger charge is 2.30. The first-order valence-corrected chi connectivity index (χ1v) is 13.2. The van der Waals surface area contributed by atoms with E-state index in [-0.39, 0.29) is 23.5 Å². The van der Waals surface area contributed by atoms with Gasteiger partial charge in [-0.25, -0.2) is 0 Å². The summed E-state index contributed by atoms with van der Waals surface area (Å²) in [6.07, 6.45) is 1.13. The van der Waals surface area contributed by atoms with Crippen LogP contribution in [0.2, 0.25) is 0 Å². The molecule has 0 spiro atoms. The van der Waals surface area contributed by atoms with Crippen molar-refractivity contribution < 1.29 is 14.5 Å². The number of piperazine rings is 1. The normalized spacial score (nSPS) is 15.6. The first kappa shape index (κ1) is 26.3. The molecule has 2 aromatic carbocycles. The molecule has 1 aromatic heterocycles. The number of hydrogen-bond donors (Lipinski definition) is 0.